The van der Waals surface area contributed by atoms with Crippen molar-refractivity contribution in [2.45, 2.75) is 51.8 Å². The van der Waals surface area contributed by atoms with E-state index in [0.29, 0.717) is 23.5 Å². The van der Waals surface area contributed by atoms with Crippen molar-refractivity contribution in [1.82, 2.24) is 9.88 Å². The van der Waals surface area contributed by atoms with Gasteiger partial charge in [0.2, 0.25) is 11.8 Å². The van der Waals surface area contributed by atoms with Gasteiger partial charge in [0.1, 0.15) is 17.6 Å². The summed E-state index contributed by atoms with van der Waals surface area (Å²) in [4.78, 5) is 34.2. The van der Waals surface area contributed by atoms with Gasteiger partial charge in [0.15, 0.2) is 0 Å². The Morgan fingerprint density at radius 2 is 2.08 bits per heavy atom. The van der Waals surface area contributed by atoms with Gasteiger partial charge in [-0.25, -0.2) is 4.39 Å². The van der Waals surface area contributed by atoms with Gasteiger partial charge in [-0.1, -0.05) is 24.8 Å². The number of hydrogen-bond acceptors (Lipinski definition) is 5. The van der Waals surface area contributed by atoms with Crippen molar-refractivity contribution < 1.29 is 18.7 Å². The van der Waals surface area contributed by atoms with E-state index < -0.39 is 6.04 Å². The average Bonchev–Trinajstić information content (AvgIpc) is 2.90. The van der Waals surface area contributed by atoms with Crippen LogP contribution < -0.4 is 15.0 Å². The number of aryl methyl sites for hydroxylation is 1. The Bertz CT molecular complexity index is 1570. The molecule has 6 rings (SSSR count). The predicted octanol–water partition coefficient (Wildman–Crippen LogP) is 5.47. The van der Waals surface area contributed by atoms with Gasteiger partial charge < -0.3 is 19.9 Å². The first kappa shape index (κ1) is 25.1. The zero-order chi connectivity index (χ0) is 27.4. The molecule has 200 valence electrons. The minimum Gasteiger partial charge on any atom is -0.490 e. The molecule has 3 aliphatic rings. The number of rotatable bonds is 1. The molecule has 0 spiro atoms. The molecule has 0 radical (unpaired) electrons. The Kier molecular flexibility index (Phi) is 6.13. The highest BCUT2D eigenvalue weighted by Crippen LogP contribution is 2.46. The molecule has 1 unspecified atom stereocenters. The first-order chi connectivity index (χ1) is 18.8. The summed E-state index contributed by atoms with van der Waals surface area (Å²) >= 11 is 0. The van der Waals surface area contributed by atoms with Gasteiger partial charge in [-0.15, -0.1) is 0 Å². The number of carbonyl (C=O) groups excluding carboxylic acids is 2. The van der Waals surface area contributed by atoms with Crippen LogP contribution in [0.2, 0.25) is 0 Å². The normalized spacial score (nSPS) is 23.0. The summed E-state index contributed by atoms with van der Waals surface area (Å²) < 4.78 is 21.7. The van der Waals surface area contributed by atoms with E-state index in [1.165, 1.54) is 12.1 Å². The highest BCUT2D eigenvalue weighted by Gasteiger charge is 2.42. The summed E-state index contributed by atoms with van der Waals surface area (Å²) in [5.41, 5.74) is 5.10. The van der Waals surface area contributed by atoms with Gasteiger partial charge >= 0.3 is 0 Å². The zero-order valence-corrected chi connectivity index (χ0v) is 22.3. The first-order valence-electron chi connectivity index (χ1n) is 13.4. The summed E-state index contributed by atoms with van der Waals surface area (Å²) in [6, 6.07) is 6.32. The molecule has 1 fully saturated rings. The number of anilines is 2. The van der Waals surface area contributed by atoms with Crippen LogP contribution in [0.15, 0.2) is 49.2 Å². The van der Waals surface area contributed by atoms with E-state index in [1.807, 2.05) is 39.0 Å². The largest absolute Gasteiger partial charge is 0.490 e. The van der Waals surface area contributed by atoms with Crippen LogP contribution in [0.4, 0.5) is 15.8 Å². The number of halogens is 1. The van der Waals surface area contributed by atoms with Crippen LogP contribution in [0, 0.1) is 12.7 Å². The van der Waals surface area contributed by atoms with E-state index in [2.05, 4.69) is 22.9 Å². The van der Waals surface area contributed by atoms with Crippen molar-refractivity contribution in [2.24, 2.45) is 0 Å². The topological polar surface area (TPSA) is 74.8 Å². The molecule has 3 aromatic rings. The molecular formula is C31H31FN4O3. The van der Waals surface area contributed by atoms with E-state index in [1.54, 1.807) is 17.2 Å². The quantitative estimate of drug-likeness (QED) is 0.426. The molecule has 8 heteroatoms. The number of ether oxygens (including phenoxy) is 1. The van der Waals surface area contributed by atoms with Crippen molar-refractivity contribution in [3.05, 3.63) is 66.1 Å². The van der Waals surface area contributed by atoms with Gasteiger partial charge in [0, 0.05) is 29.1 Å². The number of nitrogens with zero attached hydrogens (tertiary/aromatic N) is 3. The molecule has 0 bridgehead atoms. The lowest BCUT2D eigenvalue weighted by molar-refractivity contribution is -0.130. The Balaban J connectivity index is 1.59. The molecule has 4 heterocycles. The maximum Gasteiger partial charge on any atom is 0.249 e. The number of aromatic nitrogens is 1. The summed E-state index contributed by atoms with van der Waals surface area (Å²) in [5, 5.41) is 3.88. The van der Waals surface area contributed by atoms with Crippen molar-refractivity contribution in [3.8, 4) is 16.9 Å². The minimum absolute atomic E-state index is 0.0585. The Morgan fingerprint density at radius 1 is 1.26 bits per heavy atom. The number of amides is 2. The number of piperazine rings is 1. The summed E-state index contributed by atoms with van der Waals surface area (Å²) in [6.07, 6.45) is 8.66. The SMILES string of the molecule is C=CC(=O)N1C[C@@H]2C(=O)Nc3cnc4c5c(c(C)cc4c3N2C[C@H]1C)-c1c(F)cccc1OC(C)CC/C=C\5. The lowest BCUT2D eigenvalue weighted by Gasteiger charge is -2.48. The van der Waals surface area contributed by atoms with Crippen molar-refractivity contribution in [1.29, 1.82) is 0 Å². The number of pyridine rings is 1. The molecule has 2 aromatic carbocycles. The van der Waals surface area contributed by atoms with Gasteiger partial charge in [0.05, 0.1) is 41.3 Å². The standard InChI is InChI=1S/C31H31FN4O3/c1-5-26(37)35-16-24-31(38)34-23-14-33-29-20-10-7-6-9-19(4)39-25-12-8-11-22(32)28(25)27(20)17(2)13-21(29)30(23)36(24)15-18(35)3/h5,7-8,10-14,18-19,24H,1,6,9,15-16H2,2-4H3,(H,34,38)/b10-7-/t18-,19?,24-/m1/s1. The second-order valence-electron chi connectivity index (χ2n) is 10.6. The first-order valence-corrected chi connectivity index (χ1v) is 13.4. The minimum atomic E-state index is -0.541. The van der Waals surface area contributed by atoms with Crippen LogP contribution in [-0.4, -0.2) is 53.0 Å². The third-order valence-corrected chi connectivity index (χ3v) is 7.99. The molecule has 2 amide bonds. The summed E-state index contributed by atoms with van der Waals surface area (Å²) in [5.74, 6) is -0.190. The van der Waals surface area contributed by atoms with Gasteiger partial charge in [0.25, 0.3) is 0 Å². The molecule has 1 saturated heterocycles. The summed E-state index contributed by atoms with van der Waals surface area (Å²) in [7, 11) is 0. The fraction of sp³-hybridized carbons (Fsp3) is 0.323. The average molecular weight is 527 g/mol. The van der Waals surface area contributed by atoms with Crippen molar-refractivity contribution in [3.63, 3.8) is 0 Å². The fourth-order valence-corrected chi connectivity index (χ4v) is 6.12. The third-order valence-electron chi connectivity index (χ3n) is 7.99. The molecule has 0 aliphatic carbocycles. The molecule has 39 heavy (non-hydrogen) atoms. The van der Waals surface area contributed by atoms with Crippen LogP contribution in [0.25, 0.3) is 28.1 Å². The molecule has 7 nitrogen and oxygen atoms in total. The van der Waals surface area contributed by atoms with Crippen LogP contribution >= 0.6 is 0 Å². The lowest BCUT2D eigenvalue weighted by Crippen LogP contribution is -2.64. The number of allylic oxidation sites excluding steroid dienone is 1. The molecular weight excluding hydrogens is 495 g/mol. The number of nitrogens with one attached hydrogen (secondary N) is 1. The Labute approximate surface area is 227 Å². The van der Waals surface area contributed by atoms with Gasteiger partial charge in [-0.2, -0.15) is 0 Å². The maximum atomic E-state index is 15.5. The number of carbonyl (C=O) groups is 2. The zero-order valence-electron chi connectivity index (χ0n) is 22.3. The summed E-state index contributed by atoms with van der Waals surface area (Å²) in [6.45, 7) is 10.3. The molecule has 1 N–H and O–H groups in total. The smallest absolute Gasteiger partial charge is 0.249 e. The number of fused-ring (bicyclic) bond motifs is 9. The molecule has 3 aliphatic heterocycles. The number of benzene rings is 2. The van der Waals surface area contributed by atoms with Crippen LogP contribution in [0.5, 0.6) is 5.75 Å². The second-order valence-corrected chi connectivity index (χ2v) is 10.6. The van der Waals surface area contributed by atoms with E-state index in [-0.39, 0.29) is 36.3 Å². The third kappa shape index (κ3) is 4.06. The van der Waals surface area contributed by atoms with E-state index in [9.17, 15) is 9.59 Å². The van der Waals surface area contributed by atoms with Crippen LogP contribution in [0.3, 0.4) is 0 Å². The van der Waals surface area contributed by atoms with E-state index >= 15 is 4.39 Å². The molecule has 3 atom stereocenters. The van der Waals surface area contributed by atoms with Crippen LogP contribution in [0.1, 0.15) is 37.8 Å². The maximum absolute atomic E-state index is 15.5. The Hall–Kier alpha value is -4.20. The highest BCUT2D eigenvalue weighted by molar-refractivity contribution is 6.13. The molecule has 1 aromatic heterocycles. The van der Waals surface area contributed by atoms with E-state index in [0.717, 1.165) is 46.1 Å². The van der Waals surface area contributed by atoms with Crippen LogP contribution in [-0.2, 0) is 9.59 Å². The molecule has 0 saturated carbocycles. The fourth-order valence-electron chi connectivity index (χ4n) is 6.12. The van der Waals surface area contributed by atoms with Gasteiger partial charge in [-0.3, -0.25) is 14.6 Å². The second kappa shape index (κ2) is 9.52. The van der Waals surface area contributed by atoms with Crippen molar-refractivity contribution >= 4 is 40.2 Å². The monoisotopic (exact) mass is 526 g/mol. The van der Waals surface area contributed by atoms with Crippen molar-refractivity contribution in [2.75, 3.05) is 23.3 Å². The lowest BCUT2D eigenvalue weighted by atomic mass is 9.89. The number of hydrogen-bond donors (Lipinski definition) is 1. The Morgan fingerprint density at radius 3 is 2.87 bits per heavy atom. The highest BCUT2D eigenvalue weighted by atomic mass is 19.1. The van der Waals surface area contributed by atoms with E-state index in [4.69, 9.17) is 9.72 Å². The predicted molar refractivity (Wildman–Crippen MR) is 151 cm³/mol. The van der Waals surface area contributed by atoms with Gasteiger partial charge in [-0.05, 0) is 63.5 Å².